The molecule has 0 bridgehead atoms. The Kier molecular flexibility index (Phi) is 8.63. The molecule has 13 heteroatoms. The summed E-state index contributed by atoms with van der Waals surface area (Å²) >= 11 is 13.6. The zero-order valence-electron chi connectivity index (χ0n) is 26.8. The van der Waals surface area contributed by atoms with Crippen molar-refractivity contribution in [2.45, 2.75) is 64.1 Å². The SMILES string of the molecule is CC#CC(=O)N1CC[C@H](n2ncc3c(OC[C@@H]4CCCN4C)nc4c(F)c(-c5c(C)c(Cl)cc6[nH]ncc56)c(Cl)cc4c32)C[C@H]1CC#N. The maximum Gasteiger partial charge on any atom is 0.298 e. The highest BCUT2D eigenvalue weighted by Crippen LogP contribution is 2.45. The summed E-state index contributed by atoms with van der Waals surface area (Å²) in [7, 11) is 2.07. The van der Waals surface area contributed by atoms with E-state index in [0.717, 1.165) is 19.4 Å². The molecule has 2 saturated heterocycles. The summed E-state index contributed by atoms with van der Waals surface area (Å²) in [6, 6.07) is 5.37. The van der Waals surface area contributed by atoms with Gasteiger partial charge in [-0.1, -0.05) is 29.1 Å². The number of carbonyl (C=O) groups is 1. The standard InChI is InChI=1S/C35H33Cl2FN8O2/c1-4-6-29(47)45-12-9-21(13-20(45)8-10-39)46-34-23-14-27(37)31(30-19(2)26(36)15-28-24(30)16-40-43-28)32(38)33(23)42-35(25(34)17-41-46)48-18-22-7-5-11-44(22)3/h14-17,20-22H,5,7-9,11-13,18H2,1-3H3,(H,40,43)/t20-,21+,22+/m1/s1. The molecule has 246 valence electrons. The van der Waals surface area contributed by atoms with Gasteiger partial charge in [0, 0.05) is 45.6 Å². The number of hydrogen-bond acceptors (Lipinski definition) is 7. The summed E-state index contributed by atoms with van der Waals surface area (Å²) in [5.74, 6) is 4.65. The molecule has 7 rings (SSSR count). The quantitative estimate of drug-likeness (QED) is 0.195. The molecule has 2 aromatic carbocycles. The Morgan fingerprint density at radius 3 is 2.71 bits per heavy atom. The summed E-state index contributed by atoms with van der Waals surface area (Å²) in [5.41, 5.74) is 2.75. The highest BCUT2D eigenvalue weighted by molar-refractivity contribution is 6.36. The van der Waals surface area contributed by atoms with Crippen LogP contribution in [0.4, 0.5) is 4.39 Å². The molecule has 2 aliphatic heterocycles. The number of rotatable bonds is 6. The molecule has 3 aromatic heterocycles. The number of carbonyl (C=O) groups excluding carboxylic acids is 1. The third-order valence-corrected chi connectivity index (χ3v) is 10.5. The van der Waals surface area contributed by atoms with Crippen molar-refractivity contribution >= 4 is 61.8 Å². The number of aromatic amines is 1. The van der Waals surface area contributed by atoms with E-state index in [9.17, 15) is 10.1 Å². The summed E-state index contributed by atoms with van der Waals surface area (Å²) in [5, 5.41) is 23.9. The molecule has 2 fully saturated rings. The van der Waals surface area contributed by atoms with Crippen LogP contribution in [0.2, 0.25) is 10.0 Å². The number of nitrogens with one attached hydrogen (secondary N) is 1. The number of nitrogens with zero attached hydrogens (tertiary/aromatic N) is 7. The van der Waals surface area contributed by atoms with Crippen LogP contribution in [0.15, 0.2) is 24.5 Å². The molecule has 2 aliphatic rings. The molecule has 1 amide bonds. The van der Waals surface area contributed by atoms with Gasteiger partial charge in [-0.05, 0) is 76.7 Å². The summed E-state index contributed by atoms with van der Waals surface area (Å²) in [6.45, 7) is 5.22. The van der Waals surface area contributed by atoms with Crippen molar-refractivity contribution < 1.29 is 13.9 Å². The molecule has 0 aliphatic carbocycles. The second-order valence-electron chi connectivity index (χ2n) is 12.6. The van der Waals surface area contributed by atoms with E-state index in [1.54, 1.807) is 36.4 Å². The fraction of sp³-hybridized carbons (Fsp3) is 0.400. The molecule has 10 nitrogen and oxygen atoms in total. The fourth-order valence-corrected chi connectivity index (χ4v) is 7.80. The van der Waals surface area contributed by atoms with Gasteiger partial charge in [0.25, 0.3) is 5.91 Å². The van der Waals surface area contributed by atoms with Gasteiger partial charge in [-0.3, -0.25) is 14.6 Å². The largest absolute Gasteiger partial charge is 0.475 e. The van der Waals surface area contributed by atoms with E-state index in [2.05, 4.69) is 40.1 Å². The van der Waals surface area contributed by atoms with Crippen LogP contribution in [0, 0.1) is 35.9 Å². The number of fused-ring (bicyclic) bond motifs is 4. The minimum atomic E-state index is -0.608. The molecule has 5 aromatic rings. The Hall–Kier alpha value is -4.42. The highest BCUT2D eigenvalue weighted by atomic mass is 35.5. The number of likely N-dealkylation sites (N-methyl/N-ethyl adjacent to an activating group) is 1. The first kappa shape index (κ1) is 32.1. The van der Waals surface area contributed by atoms with Crippen molar-refractivity contribution in [3.63, 3.8) is 0 Å². The van der Waals surface area contributed by atoms with Crippen LogP contribution in [0.25, 0.3) is 43.8 Å². The smallest absolute Gasteiger partial charge is 0.298 e. The molecule has 0 saturated carbocycles. The summed E-state index contributed by atoms with van der Waals surface area (Å²) < 4.78 is 25.4. The van der Waals surface area contributed by atoms with E-state index >= 15 is 4.39 Å². The zero-order valence-corrected chi connectivity index (χ0v) is 28.3. The Bertz CT molecular complexity index is 2200. The number of nitriles is 1. The fourth-order valence-electron chi connectivity index (χ4n) is 7.31. The topological polar surface area (TPSA) is 116 Å². The molecule has 0 unspecified atom stereocenters. The maximum absolute atomic E-state index is 17.1. The number of pyridine rings is 1. The van der Waals surface area contributed by atoms with Crippen molar-refractivity contribution in [3.05, 3.63) is 46.0 Å². The molecule has 3 atom stereocenters. The van der Waals surface area contributed by atoms with Gasteiger partial charge in [0.1, 0.15) is 12.1 Å². The van der Waals surface area contributed by atoms with E-state index in [1.165, 1.54) is 0 Å². The van der Waals surface area contributed by atoms with Gasteiger partial charge >= 0.3 is 0 Å². The van der Waals surface area contributed by atoms with Crippen molar-refractivity contribution in [2.24, 2.45) is 0 Å². The average Bonchev–Trinajstić information content (AvgIpc) is 3.82. The number of aromatic nitrogens is 5. The lowest BCUT2D eigenvalue weighted by Gasteiger charge is -2.37. The van der Waals surface area contributed by atoms with E-state index < -0.39 is 5.82 Å². The minimum absolute atomic E-state index is 0.0915. The monoisotopic (exact) mass is 686 g/mol. The Balaban J connectivity index is 1.41. The van der Waals surface area contributed by atoms with Crippen LogP contribution in [0.5, 0.6) is 5.88 Å². The van der Waals surface area contributed by atoms with Gasteiger partial charge in [-0.25, -0.2) is 9.37 Å². The van der Waals surface area contributed by atoms with Gasteiger partial charge in [0.15, 0.2) is 5.82 Å². The number of amides is 1. The lowest BCUT2D eigenvalue weighted by atomic mass is 9.94. The Morgan fingerprint density at radius 1 is 1.12 bits per heavy atom. The van der Waals surface area contributed by atoms with E-state index in [4.69, 9.17) is 38.0 Å². The molecule has 48 heavy (non-hydrogen) atoms. The van der Waals surface area contributed by atoms with Crippen LogP contribution in [-0.4, -0.2) is 79.5 Å². The number of hydrogen-bond donors (Lipinski definition) is 1. The van der Waals surface area contributed by atoms with Gasteiger partial charge < -0.3 is 14.5 Å². The first-order valence-corrected chi connectivity index (χ1v) is 16.7. The van der Waals surface area contributed by atoms with Gasteiger partial charge in [0.2, 0.25) is 5.88 Å². The zero-order chi connectivity index (χ0) is 33.7. The van der Waals surface area contributed by atoms with Crippen LogP contribution in [0.3, 0.4) is 0 Å². The summed E-state index contributed by atoms with van der Waals surface area (Å²) in [6.07, 6.45) is 6.60. The number of benzene rings is 2. The van der Waals surface area contributed by atoms with E-state index in [-0.39, 0.29) is 52.4 Å². The number of ether oxygens (including phenoxy) is 1. The van der Waals surface area contributed by atoms with Crippen LogP contribution in [0.1, 0.15) is 50.6 Å². The predicted octanol–water partition coefficient (Wildman–Crippen LogP) is 6.82. The van der Waals surface area contributed by atoms with E-state index in [1.807, 2.05) is 11.6 Å². The lowest BCUT2D eigenvalue weighted by molar-refractivity contribution is -0.129. The molecule has 0 spiro atoms. The van der Waals surface area contributed by atoms with E-state index in [0.29, 0.717) is 69.3 Å². The first-order valence-electron chi connectivity index (χ1n) is 16.0. The van der Waals surface area contributed by atoms with Crippen LogP contribution >= 0.6 is 23.2 Å². The summed E-state index contributed by atoms with van der Waals surface area (Å²) in [4.78, 5) is 21.5. The molecular formula is C35H33Cl2FN8O2. The minimum Gasteiger partial charge on any atom is -0.475 e. The molecular weight excluding hydrogens is 654 g/mol. The van der Waals surface area contributed by atoms with Crippen molar-refractivity contribution in [1.29, 1.82) is 5.26 Å². The van der Waals surface area contributed by atoms with Crippen LogP contribution < -0.4 is 4.74 Å². The second-order valence-corrected chi connectivity index (χ2v) is 13.4. The van der Waals surface area contributed by atoms with Gasteiger partial charge in [-0.15, -0.1) is 0 Å². The number of halogens is 3. The lowest BCUT2D eigenvalue weighted by Crippen LogP contribution is -2.46. The van der Waals surface area contributed by atoms with Crippen molar-refractivity contribution in [3.8, 4) is 34.9 Å². The van der Waals surface area contributed by atoms with Gasteiger partial charge in [-0.2, -0.15) is 15.5 Å². The number of likely N-dealkylation sites (tertiary alicyclic amines) is 2. The second kappa shape index (κ2) is 12.9. The normalized spacial score (nSPS) is 19.9. The Labute approximate surface area is 286 Å². The highest BCUT2D eigenvalue weighted by Gasteiger charge is 2.34. The van der Waals surface area contributed by atoms with Gasteiger partial charge in [0.05, 0.1) is 52.4 Å². The third-order valence-electron chi connectivity index (χ3n) is 9.82. The molecule has 5 heterocycles. The predicted molar refractivity (Wildman–Crippen MR) is 183 cm³/mol. The Morgan fingerprint density at radius 2 is 1.96 bits per heavy atom. The average molecular weight is 688 g/mol. The maximum atomic E-state index is 17.1. The molecule has 1 N–H and O–H groups in total. The first-order chi connectivity index (χ1) is 23.2. The third kappa shape index (κ3) is 5.40. The van der Waals surface area contributed by atoms with Crippen LogP contribution in [-0.2, 0) is 4.79 Å². The number of H-pyrrole nitrogens is 1. The van der Waals surface area contributed by atoms with Crippen molar-refractivity contribution in [1.82, 2.24) is 34.8 Å². The van der Waals surface area contributed by atoms with Crippen molar-refractivity contribution in [2.75, 3.05) is 26.7 Å². The molecule has 0 radical (unpaired) electrons. The number of piperidine rings is 1.